The molecule has 5 nitrogen and oxygen atoms in total. The molecule has 1 saturated heterocycles. The van der Waals surface area contributed by atoms with Crippen molar-refractivity contribution >= 4 is 12.0 Å². The van der Waals surface area contributed by atoms with Crippen molar-refractivity contribution in [3.8, 4) is 0 Å². The first kappa shape index (κ1) is 11.8. The third-order valence-corrected chi connectivity index (χ3v) is 2.56. The minimum Gasteiger partial charge on any atom is -0.453 e. The fourth-order valence-electron chi connectivity index (χ4n) is 1.69. The molecular weight excluding hydrogens is 196 g/mol. The molecule has 0 aromatic carbocycles. The summed E-state index contributed by atoms with van der Waals surface area (Å²) in [6.45, 7) is 3.27. The third kappa shape index (κ3) is 3.42. The minimum absolute atomic E-state index is 0.0277. The van der Waals surface area contributed by atoms with E-state index in [-0.39, 0.29) is 5.91 Å². The molecule has 2 amide bonds. The van der Waals surface area contributed by atoms with Crippen LogP contribution in [0.25, 0.3) is 0 Å². The number of nitrogens with one attached hydrogen (secondary N) is 1. The Labute approximate surface area is 89.8 Å². The van der Waals surface area contributed by atoms with Gasteiger partial charge in [0.25, 0.3) is 0 Å². The number of piperidine rings is 1. The summed E-state index contributed by atoms with van der Waals surface area (Å²) in [4.78, 5) is 24.5. The number of amides is 2. The normalized spacial score (nSPS) is 18.1. The zero-order valence-electron chi connectivity index (χ0n) is 9.28. The van der Waals surface area contributed by atoms with Crippen molar-refractivity contribution in [3.63, 3.8) is 0 Å². The van der Waals surface area contributed by atoms with Gasteiger partial charge in [-0.2, -0.15) is 0 Å². The Hall–Kier alpha value is -1.26. The molecule has 5 heteroatoms. The summed E-state index contributed by atoms with van der Waals surface area (Å²) in [6, 6.07) is -0.504. The van der Waals surface area contributed by atoms with Crippen molar-refractivity contribution in [2.75, 3.05) is 20.2 Å². The Morgan fingerprint density at radius 3 is 2.40 bits per heavy atom. The first-order chi connectivity index (χ1) is 7.15. The van der Waals surface area contributed by atoms with Crippen LogP contribution in [0.2, 0.25) is 0 Å². The molecule has 0 bridgehead atoms. The van der Waals surface area contributed by atoms with Crippen molar-refractivity contribution in [1.29, 1.82) is 0 Å². The molecule has 1 N–H and O–H groups in total. The number of ether oxygens (including phenoxy) is 1. The van der Waals surface area contributed by atoms with Crippen molar-refractivity contribution in [1.82, 2.24) is 10.2 Å². The smallest absolute Gasteiger partial charge is 0.407 e. The van der Waals surface area contributed by atoms with Crippen LogP contribution >= 0.6 is 0 Å². The highest BCUT2D eigenvalue weighted by molar-refractivity contribution is 5.85. The molecule has 86 valence electrons. The number of likely N-dealkylation sites (tertiary alicyclic amines) is 1. The summed E-state index contributed by atoms with van der Waals surface area (Å²) < 4.78 is 4.44. The maximum atomic E-state index is 11.8. The first-order valence-electron chi connectivity index (χ1n) is 5.28. The Morgan fingerprint density at radius 1 is 1.27 bits per heavy atom. The molecule has 1 rings (SSSR count). The summed E-state index contributed by atoms with van der Waals surface area (Å²) in [5, 5.41) is 2.47. The molecule has 0 aromatic heterocycles. The first-order valence-corrected chi connectivity index (χ1v) is 5.28. The molecule has 0 aliphatic carbocycles. The lowest BCUT2D eigenvalue weighted by Gasteiger charge is -2.29. The van der Waals surface area contributed by atoms with E-state index in [1.165, 1.54) is 13.5 Å². The molecule has 15 heavy (non-hydrogen) atoms. The van der Waals surface area contributed by atoms with Crippen molar-refractivity contribution in [3.05, 3.63) is 0 Å². The van der Waals surface area contributed by atoms with E-state index < -0.39 is 12.1 Å². The van der Waals surface area contributed by atoms with Gasteiger partial charge in [-0.1, -0.05) is 0 Å². The van der Waals surface area contributed by atoms with Crippen molar-refractivity contribution in [2.24, 2.45) is 0 Å². The fraction of sp³-hybridized carbons (Fsp3) is 0.800. The second kappa shape index (κ2) is 5.58. The number of hydrogen-bond acceptors (Lipinski definition) is 3. The van der Waals surface area contributed by atoms with Gasteiger partial charge in [0.1, 0.15) is 6.04 Å². The van der Waals surface area contributed by atoms with Crippen LogP contribution in [0.3, 0.4) is 0 Å². The van der Waals surface area contributed by atoms with Gasteiger partial charge in [-0.25, -0.2) is 4.79 Å². The number of carbonyl (C=O) groups excluding carboxylic acids is 2. The lowest BCUT2D eigenvalue weighted by atomic mass is 10.1. The molecule has 1 atom stereocenters. The van der Waals surface area contributed by atoms with Gasteiger partial charge >= 0.3 is 6.09 Å². The molecule has 1 unspecified atom stereocenters. The van der Waals surface area contributed by atoms with Gasteiger partial charge in [-0.3, -0.25) is 4.79 Å². The Balaban J connectivity index is 2.40. The van der Waals surface area contributed by atoms with E-state index in [1.807, 2.05) is 0 Å². The van der Waals surface area contributed by atoms with E-state index in [1.54, 1.807) is 11.8 Å². The average Bonchev–Trinajstić information content (AvgIpc) is 2.29. The van der Waals surface area contributed by atoms with E-state index in [0.29, 0.717) is 0 Å². The molecule has 0 radical (unpaired) electrons. The van der Waals surface area contributed by atoms with Crippen LogP contribution in [0.5, 0.6) is 0 Å². The van der Waals surface area contributed by atoms with Crippen LogP contribution in [0, 0.1) is 0 Å². The number of rotatable bonds is 2. The van der Waals surface area contributed by atoms with Gasteiger partial charge < -0.3 is 15.0 Å². The maximum Gasteiger partial charge on any atom is 0.407 e. The molecule has 1 heterocycles. The standard InChI is InChI=1S/C10H18N2O3/c1-8(11-10(14)15-2)9(13)12-6-4-3-5-7-12/h8H,3-7H2,1-2H3,(H,11,14). The van der Waals surface area contributed by atoms with E-state index >= 15 is 0 Å². The summed E-state index contributed by atoms with van der Waals surface area (Å²) in [7, 11) is 1.29. The highest BCUT2D eigenvalue weighted by Crippen LogP contribution is 2.09. The molecule has 1 aliphatic rings. The van der Waals surface area contributed by atoms with Crippen molar-refractivity contribution < 1.29 is 14.3 Å². The van der Waals surface area contributed by atoms with Gasteiger partial charge in [0.2, 0.25) is 5.91 Å². The highest BCUT2D eigenvalue weighted by Gasteiger charge is 2.23. The second-order valence-electron chi connectivity index (χ2n) is 3.74. The van der Waals surface area contributed by atoms with Gasteiger partial charge in [0.15, 0.2) is 0 Å². The number of methoxy groups -OCH3 is 1. The summed E-state index contributed by atoms with van der Waals surface area (Å²) in [5.41, 5.74) is 0. The number of carbonyl (C=O) groups is 2. The van der Waals surface area contributed by atoms with Crippen LogP contribution in [0.4, 0.5) is 4.79 Å². The molecule has 1 aliphatic heterocycles. The van der Waals surface area contributed by atoms with Crippen LogP contribution < -0.4 is 5.32 Å². The van der Waals surface area contributed by atoms with Gasteiger partial charge in [-0.05, 0) is 26.2 Å². The summed E-state index contributed by atoms with van der Waals surface area (Å²) >= 11 is 0. The molecule has 0 saturated carbocycles. The largest absolute Gasteiger partial charge is 0.453 e. The molecule has 1 fully saturated rings. The lowest BCUT2D eigenvalue weighted by Crippen LogP contribution is -2.48. The van der Waals surface area contributed by atoms with Crippen LogP contribution in [0.15, 0.2) is 0 Å². The van der Waals surface area contributed by atoms with Crippen molar-refractivity contribution in [2.45, 2.75) is 32.2 Å². The van der Waals surface area contributed by atoms with E-state index in [0.717, 1.165) is 25.9 Å². The Bertz CT molecular complexity index is 237. The maximum absolute atomic E-state index is 11.8. The SMILES string of the molecule is COC(=O)NC(C)C(=O)N1CCCCC1. The fourth-order valence-corrected chi connectivity index (χ4v) is 1.69. The topological polar surface area (TPSA) is 58.6 Å². The lowest BCUT2D eigenvalue weighted by molar-refractivity contribution is -0.133. The van der Waals surface area contributed by atoms with Crippen LogP contribution in [0.1, 0.15) is 26.2 Å². The van der Waals surface area contributed by atoms with E-state index in [9.17, 15) is 9.59 Å². The van der Waals surface area contributed by atoms with Gasteiger partial charge in [-0.15, -0.1) is 0 Å². The summed E-state index contributed by atoms with van der Waals surface area (Å²) in [6.07, 6.45) is 2.73. The average molecular weight is 214 g/mol. The van der Waals surface area contributed by atoms with Gasteiger partial charge in [0, 0.05) is 13.1 Å². The van der Waals surface area contributed by atoms with E-state index in [2.05, 4.69) is 10.1 Å². The molecule has 0 spiro atoms. The van der Waals surface area contributed by atoms with Crippen LogP contribution in [-0.4, -0.2) is 43.1 Å². The number of nitrogens with zero attached hydrogens (tertiary/aromatic N) is 1. The quantitative estimate of drug-likeness (QED) is 0.737. The highest BCUT2D eigenvalue weighted by atomic mass is 16.5. The number of hydrogen-bond donors (Lipinski definition) is 1. The summed E-state index contributed by atoms with van der Waals surface area (Å²) in [5.74, 6) is -0.0277. The molecule has 0 aromatic rings. The predicted molar refractivity (Wildman–Crippen MR) is 55.4 cm³/mol. The monoisotopic (exact) mass is 214 g/mol. The minimum atomic E-state index is -0.562. The van der Waals surface area contributed by atoms with Gasteiger partial charge in [0.05, 0.1) is 7.11 Å². The third-order valence-electron chi connectivity index (χ3n) is 2.56. The predicted octanol–water partition coefficient (Wildman–Crippen LogP) is 0.743. The second-order valence-corrected chi connectivity index (χ2v) is 3.74. The zero-order valence-corrected chi connectivity index (χ0v) is 9.28. The number of alkyl carbamates (subject to hydrolysis) is 1. The Kier molecular flexibility index (Phi) is 4.39. The Morgan fingerprint density at radius 2 is 1.87 bits per heavy atom. The molecular formula is C10H18N2O3. The van der Waals surface area contributed by atoms with E-state index in [4.69, 9.17) is 0 Å². The zero-order chi connectivity index (χ0) is 11.3. The van der Waals surface area contributed by atoms with Crippen LogP contribution in [-0.2, 0) is 9.53 Å².